The molecule has 1 aromatic rings. The summed E-state index contributed by atoms with van der Waals surface area (Å²) in [7, 11) is 0. The fourth-order valence-corrected chi connectivity index (χ4v) is 2.93. The van der Waals surface area contributed by atoms with Crippen LogP contribution in [0.4, 0.5) is 0 Å². The largest absolute Gasteiger partial charge is 0.379 e. The molecular formula is C16H23N3O2. The number of hydrogen-bond acceptors (Lipinski definition) is 4. The lowest BCUT2D eigenvalue weighted by molar-refractivity contribution is -0.109. The molecule has 1 aliphatic heterocycles. The summed E-state index contributed by atoms with van der Waals surface area (Å²) in [5.41, 5.74) is 4.79. The van der Waals surface area contributed by atoms with Crippen molar-refractivity contribution in [2.45, 2.75) is 38.8 Å². The van der Waals surface area contributed by atoms with Crippen molar-refractivity contribution in [2.24, 2.45) is 0 Å². The molecule has 1 aliphatic carbocycles. The van der Waals surface area contributed by atoms with Gasteiger partial charge in [-0.05, 0) is 37.0 Å². The van der Waals surface area contributed by atoms with Gasteiger partial charge < -0.3 is 10.1 Å². The zero-order valence-electron chi connectivity index (χ0n) is 12.6. The van der Waals surface area contributed by atoms with Crippen molar-refractivity contribution in [1.29, 1.82) is 0 Å². The first-order valence-corrected chi connectivity index (χ1v) is 7.74. The van der Waals surface area contributed by atoms with Gasteiger partial charge in [0.25, 0.3) is 0 Å². The van der Waals surface area contributed by atoms with Crippen LogP contribution in [0.25, 0.3) is 0 Å². The number of carbonyl (C=O) groups excluding carboxylic acids is 1. The van der Waals surface area contributed by atoms with Crippen LogP contribution in [0.1, 0.15) is 41.3 Å². The van der Waals surface area contributed by atoms with Gasteiger partial charge in [-0.1, -0.05) is 0 Å². The summed E-state index contributed by atoms with van der Waals surface area (Å²) in [5, 5.41) is 2.78. The summed E-state index contributed by atoms with van der Waals surface area (Å²) in [6.07, 6.45) is 3.21. The van der Waals surface area contributed by atoms with Crippen molar-refractivity contribution in [3.05, 3.63) is 28.6 Å². The highest BCUT2D eigenvalue weighted by Gasteiger charge is 2.29. The third-order valence-electron chi connectivity index (χ3n) is 4.25. The van der Waals surface area contributed by atoms with E-state index in [0.29, 0.717) is 12.5 Å². The number of nitrogens with one attached hydrogen (secondary N) is 1. The molecule has 21 heavy (non-hydrogen) atoms. The van der Waals surface area contributed by atoms with Crippen molar-refractivity contribution in [3.8, 4) is 0 Å². The van der Waals surface area contributed by atoms with Crippen LogP contribution in [0.5, 0.6) is 0 Å². The van der Waals surface area contributed by atoms with Crippen LogP contribution in [-0.4, -0.2) is 42.6 Å². The van der Waals surface area contributed by atoms with Crippen LogP contribution in [0, 0.1) is 6.92 Å². The fraction of sp³-hybridized carbons (Fsp3) is 0.625. The van der Waals surface area contributed by atoms with Gasteiger partial charge in [-0.25, -0.2) is 0 Å². The number of amides is 1. The first kappa shape index (κ1) is 14.5. The minimum atomic E-state index is 0.589. The van der Waals surface area contributed by atoms with E-state index in [0.717, 1.165) is 45.0 Å². The maximum atomic E-state index is 10.6. The van der Waals surface area contributed by atoms with Gasteiger partial charge >= 0.3 is 0 Å². The normalized spacial score (nSPS) is 19.5. The van der Waals surface area contributed by atoms with Gasteiger partial charge in [0, 0.05) is 37.8 Å². The number of hydrogen-bond donors (Lipinski definition) is 1. The van der Waals surface area contributed by atoms with E-state index in [1.165, 1.54) is 29.7 Å². The summed E-state index contributed by atoms with van der Waals surface area (Å²) in [6, 6.07) is 2.17. The Morgan fingerprint density at radius 3 is 2.86 bits per heavy atom. The van der Waals surface area contributed by atoms with Crippen LogP contribution in [0.2, 0.25) is 0 Å². The van der Waals surface area contributed by atoms with E-state index in [1.807, 2.05) is 0 Å². The molecule has 2 heterocycles. The van der Waals surface area contributed by atoms with Gasteiger partial charge in [-0.3, -0.25) is 14.7 Å². The number of pyridine rings is 1. The Morgan fingerprint density at radius 2 is 2.19 bits per heavy atom. The Labute approximate surface area is 125 Å². The monoisotopic (exact) mass is 289 g/mol. The van der Waals surface area contributed by atoms with Crippen LogP contribution in [0.3, 0.4) is 0 Å². The number of rotatable bonds is 6. The number of morpholine rings is 1. The molecule has 1 saturated carbocycles. The van der Waals surface area contributed by atoms with E-state index in [-0.39, 0.29) is 0 Å². The van der Waals surface area contributed by atoms with Gasteiger partial charge in [0.05, 0.1) is 18.9 Å². The van der Waals surface area contributed by atoms with Crippen LogP contribution in [0.15, 0.2) is 6.07 Å². The first-order valence-electron chi connectivity index (χ1n) is 7.74. The van der Waals surface area contributed by atoms with E-state index in [2.05, 4.69) is 23.2 Å². The minimum Gasteiger partial charge on any atom is -0.379 e. The second-order valence-corrected chi connectivity index (χ2v) is 5.96. The molecule has 114 valence electrons. The van der Waals surface area contributed by atoms with Crippen molar-refractivity contribution in [1.82, 2.24) is 15.2 Å². The van der Waals surface area contributed by atoms with E-state index < -0.39 is 0 Å². The first-order chi connectivity index (χ1) is 10.3. The summed E-state index contributed by atoms with van der Waals surface area (Å²) in [4.78, 5) is 17.9. The Morgan fingerprint density at radius 1 is 1.43 bits per heavy atom. The van der Waals surface area contributed by atoms with Gasteiger partial charge in [-0.15, -0.1) is 0 Å². The molecule has 0 radical (unpaired) electrons. The maximum absolute atomic E-state index is 10.6. The Hall–Kier alpha value is -1.46. The molecule has 1 N–H and O–H groups in total. The number of carbonyl (C=O) groups is 1. The predicted octanol–water partition coefficient (Wildman–Crippen LogP) is 1.35. The highest BCUT2D eigenvalue weighted by Crippen LogP contribution is 2.41. The molecule has 2 aliphatic rings. The fourth-order valence-electron chi connectivity index (χ4n) is 2.93. The van der Waals surface area contributed by atoms with Crippen LogP contribution < -0.4 is 5.32 Å². The summed E-state index contributed by atoms with van der Waals surface area (Å²) in [5.74, 6) is 0.594. The standard InChI is InChI=1S/C16H23N3O2/c1-12-8-14(10-19-4-6-21-7-5-19)18-16(13-2-3-13)15(12)9-17-11-20/h8,11,13H,2-7,9-10H2,1H3,(H,17,20). The lowest BCUT2D eigenvalue weighted by Gasteiger charge is -2.26. The number of nitrogens with zero attached hydrogens (tertiary/aromatic N) is 2. The van der Waals surface area contributed by atoms with Crippen LogP contribution in [-0.2, 0) is 22.6 Å². The molecule has 1 aromatic heterocycles. The average Bonchev–Trinajstić information content (AvgIpc) is 3.31. The highest BCUT2D eigenvalue weighted by atomic mass is 16.5. The Bertz CT molecular complexity index is 508. The zero-order chi connectivity index (χ0) is 14.7. The molecule has 0 aromatic carbocycles. The van der Waals surface area contributed by atoms with Crippen molar-refractivity contribution < 1.29 is 9.53 Å². The highest BCUT2D eigenvalue weighted by molar-refractivity contribution is 5.47. The predicted molar refractivity (Wildman–Crippen MR) is 79.9 cm³/mol. The lowest BCUT2D eigenvalue weighted by atomic mass is 10.0. The molecule has 1 saturated heterocycles. The molecule has 2 fully saturated rings. The second-order valence-electron chi connectivity index (χ2n) is 5.96. The zero-order valence-corrected chi connectivity index (χ0v) is 12.6. The molecule has 0 unspecified atom stereocenters. The summed E-state index contributed by atoms with van der Waals surface area (Å²) in [6.45, 7) is 7.20. The number of aromatic nitrogens is 1. The molecule has 1 amide bonds. The smallest absolute Gasteiger partial charge is 0.207 e. The van der Waals surface area contributed by atoms with Gasteiger partial charge in [0.1, 0.15) is 0 Å². The molecular weight excluding hydrogens is 266 g/mol. The maximum Gasteiger partial charge on any atom is 0.207 e. The Balaban J connectivity index is 1.79. The Kier molecular flexibility index (Phi) is 4.51. The van der Waals surface area contributed by atoms with E-state index in [9.17, 15) is 4.79 Å². The number of aryl methyl sites for hydroxylation is 1. The third kappa shape index (κ3) is 3.60. The molecule has 3 rings (SSSR count). The quantitative estimate of drug-likeness (QED) is 0.803. The topological polar surface area (TPSA) is 54.5 Å². The summed E-state index contributed by atoms with van der Waals surface area (Å²) >= 11 is 0. The second kappa shape index (κ2) is 6.54. The van der Waals surface area contributed by atoms with Crippen molar-refractivity contribution in [3.63, 3.8) is 0 Å². The molecule has 5 heteroatoms. The SMILES string of the molecule is Cc1cc(CN2CCOCC2)nc(C2CC2)c1CNC=O. The van der Waals surface area contributed by atoms with Gasteiger partial charge in [0.2, 0.25) is 6.41 Å². The molecule has 5 nitrogen and oxygen atoms in total. The minimum absolute atomic E-state index is 0.589. The average molecular weight is 289 g/mol. The van der Waals surface area contributed by atoms with Gasteiger partial charge in [-0.2, -0.15) is 0 Å². The number of ether oxygens (including phenoxy) is 1. The third-order valence-corrected chi connectivity index (χ3v) is 4.25. The van der Waals surface area contributed by atoms with Gasteiger partial charge in [0.15, 0.2) is 0 Å². The van der Waals surface area contributed by atoms with Crippen molar-refractivity contribution in [2.75, 3.05) is 26.3 Å². The molecule has 0 atom stereocenters. The molecule has 0 spiro atoms. The van der Waals surface area contributed by atoms with Crippen LogP contribution >= 0.6 is 0 Å². The summed E-state index contributed by atoms with van der Waals surface area (Å²) < 4.78 is 5.39. The van der Waals surface area contributed by atoms with E-state index in [4.69, 9.17) is 9.72 Å². The van der Waals surface area contributed by atoms with E-state index in [1.54, 1.807) is 0 Å². The van der Waals surface area contributed by atoms with Crippen molar-refractivity contribution >= 4 is 6.41 Å². The molecule has 0 bridgehead atoms. The van der Waals surface area contributed by atoms with E-state index >= 15 is 0 Å². The lowest BCUT2D eigenvalue weighted by Crippen LogP contribution is -2.36.